The molecular weight excluding hydrogens is 214 g/mol. The van der Waals surface area contributed by atoms with E-state index in [0.717, 1.165) is 45.4 Å². The molecule has 1 aliphatic rings. The molecule has 1 unspecified atom stereocenters. The van der Waals surface area contributed by atoms with Crippen LogP contribution >= 0.6 is 0 Å². The van der Waals surface area contributed by atoms with Gasteiger partial charge in [0.05, 0.1) is 6.04 Å². The Kier molecular flexibility index (Phi) is 6.52. The van der Waals surface area contributed by atoms with Crippen LogP contribution in [0.2, 0.25) is 0 Å². The first kappa shape index (κ1) is 14.5. The molecule has 4 nitrogen and oxygen atoms in total. The summed E-state index contributed by atoms with van der Waals surface area (Å²) in [5, 5.41) is 3.32. The summed E-state index contributed by atoms with van der Waals surface area (Å²) >= 11 is 0. The van der Waals surface area contributed by atoms with E-state index in [0.29, 0.717) is 5.91 Å². The van der Waals surface area contributed by atoms with Crippen molar-refractivity contribution in [1.82, 2.24) is 15.1 Å². The van der Waals surface area contributed by atoms with E-state index in [4.69, 9.17) is 0 Å². The predicted molar refractivity (Wildman–Crippen MR) is 71.1 cm³/mol. The van der Waals surface area contributed by atoms with Gasteiger partial charge in [-0.2, -0.15) is 0 Å². The van der Waals surface area contributed by atoms with Gasteiger partial charge < -0.3 is 15.1 Å². The number of nitrogens with one attached hydrogen (secondary N) is 1. The van der Waals surface area contributed by atoms with Gasteiger partial charge in [-0.25, -0.2) is 0 Å². The van der Waals surface area contributed by atoms with E-state index in [1.54, 1.807) is 0 Å². The zero-order chi connectivity index (χ0) is 12.7. The number of hydrogen-bond acceptors (Lipinski definition) is 3. The van der Waals surface area contributed by atoms with E-state index in [2.05, 4.69) is 31.2 Å². The topological polar surface area (TPSA) is 35.6 Å². The first-order chi connectivity index (χ1) is 8.15. The van der Waals surface area contributed by atoms with Gasteiger partial charge in [-0.3, -0.25) is 4.79 Å². The summed E-state index contributed by atoms with van der Waals surface area (Å²) < 4.78 is 0. The minimum absolute atomic E-state index is 0.0869. The van der Waals surface area contributed by atoms with Crippen molar-refractivity contribution >= 4 is 5.91 Å². The van der Waals surface area contributed by atoms with Gasteiger partial charge in [-0.1, -0.05) is 6.92 Å². The molecule has 1 saturated heterocycles. The van der Waals surface area contributed by atoms with Crippen LogP contribution in [0.25, 0.3) is 0 Å². The second-order valence-electron chi connectivity index (χ2n) is 5.13. The third-order valence-corrected chi connectivity index (χ3v) is 3.22. The van der Waals surface area contributed by atoms with Crippen LogP contribution < -0.4 is 5.32 Å². The van der Waals surface area contributed by atoms with Crippen LogP contribution in [0.4, 0.5) is 0 Å². The van der Waals surface area contributed by atoms with Gasteiger partial charge in [0, 0.05) is 13.1 Å². The van der Waals surface area contributed by atoms with Gasteiger partial charge in [0.1, 0.15) is 0 Å². The fourth-order valence-corrected chi connectivity index (χ4v) is 2.20. The number of hydrogen-bond donors (Lipinski definition) is 1. The van der Waals surface area contributed by atoms with E-state index in [9.17, 15) is 4.79 Å². The van der Waals surface area contributed by atoms with Gasteiger partial charge in [0.25, 0.3) is 0 Å². The van der Waals surface area contributed by atoms with Crippen molar-refractivity contribution in [2.75, 3.05) is 40.3 Å². The van der Waals surface area contributed by atoms with Crippen LogP contribution in [0.5, 0.6) is 0 Å². The maximum atomic E-state index is 12.0. The van der Waals surface area contributed by atoms with Crippen molar-refractivity contribution in [3.63, 3.8) is 0 Å². The lowest BCUT2D eigenvalue weighted by molar-refractivity contribution is -0.129. The Hall–Kier alpha value is -0.610. The van der Waals surface area contributed by atoms with Crippen LogP contribution in [-0.4, -0.2) is 62.0 Å². The third kappa shape index (κ3) is 5.04. The lowest BCUT2D eigenvalue weighted by Gasteiger charge is -2.17. The molecule has 17 heavy (non-hydrogen) atoms. The van der Waals surface area contributed by atoms with E-state index < -0.39 is 0 Å². The average molecular weight is 241 g/mol. The van der Waals surface area contributed by atoms with Crippen molar-refractivity contribution in [2.45, 2.75) is 38.6 Å². The molecule has 1 heterocycles. The van der Waals surface area contributed by atoms with Crippen molar-refractivity contribution in [1.29, 1.82) is 0 Å². The summed E-state index contributed by atoms with van der Waals surface area (Å²) in [5.41, 5.74) is 0. The smallest absolute Gasteiger partial charge is 0.239 e. The molecule has 0 bridgehead atoms. The number of likely N-dealkylation sites (tertiary alicyclic amines) is 1. The molecule has 0 aromatic heterocycles. The third-order valence-electron chi connectivity index (χ3n) is 3.22. The summed E-state index contributed by atoms with van der Waals surface area (Å²) in [6.45, 7) is 6.05. The highest BCUT2D eigenvalue weighted by Crippen LogP contribution is 2.12. The Morgan fingerprint density at radius 2 is 2.18 bits per heavy atom. The van der Waals surface area contributed by atoms with Gasteiger partial charge in [0.2, 0.25) is 5.91 Å². The molecule has 1 aliphatic heterocycles. The second-order valence-corrected chi connectivity index (χ2v) is 5.13. The molecule has 0 spiro atoms. The number of nitrogens with zero attached hydrogens (tertiary/aromatic N) is 2. The van der Waals surface area contributed by atoms with E-state index in [1.807, 2.05) is 4.90 Å². The number of carbonyl (C=O) groups is 1. The van der Waals surface area contributed by atoms with Crippen molar-refractivity contribution in [3.05, 3.63) is 0 Å². The zero-order valence-corrected chi connectivity index (χ0v) is 11.5. The van der Waals surface area contributed by atoms with Crippen LogP contribution in [0.1, 0.15) is 32.6 Å². The molecular formula is C13H27N3O. The lowest BCUT2D eigenvalue weighted by Crippen LogP contribution is -2.38. The maximum absolute atomic E-state index is 12.0. The number of amides is 1. The van der Waals surface area contributed by atoms with Crippen LogP contribution in [0.3, 0.4) is 0 Å². The van der Waals surface area contributed by atoms with Crippen LogP contribution in [0.15, 0.2) is 0 Å². The first-order valence-corrected chi connectivity index (χ1v) is 6.82. The summed E-state index contributed by atoms with van der Waals surface area (Å²) in [6, 6.07) is 0.0869. The standard InChI is InChI=1S/C13H27N3O/c1-4-8-14-12-7-11-16(13(12)17)10-6-5-9-15(2)3/h12,14H,4-11H2,1-3H3. The fraction of sp³-hybridized carbons (Fsp3) is 0.923. The molecule has 1 N–H and O–H groups in total. The first-order valence-electron chi connectivity index (χ1n) is 6.82. The molecule has 1 rings (SSSR count). The SMILES string of the molecule is CCCNC1CCN(CCCCN(C)C)C1=O. The molecule has 100 valence electrons. The minimum Gasteiger partial charge on any atom is -0.341 e. The fourth-order valence-electron chi connectivity index (χ4n) is 2.20. The highest BCUT2D eigenvalue weighted by Gasteiger charge is 2.30. The number of carbonyl (C=O) groups excluding carboxylic acids is 1. The summed E-state index contributed by atoms with van der Waals surface area (Å²) in [5.74, 6) is 0.309. The Balaban J connectivity index is 2.16. The highest BCUT2D eigenvalue weighted by atomic mass is 16.2. The Bertz CT molecular complexity index is 231. The molecule has 4 heteroatoms. The molecule has 1 fully saturated rings. The molecule has 0 aliphatic carbocycles. The number of rotatable bonds is 8. The minimum atomic E-state index is 0.0869. The van der Waals surface area contributed by atoms with Crippen molar-refractivity contribution in [3.8, 4) is 0 Å². The molecule has 0 aromatic rings. The average Bonchev–Trinajstić information content (AvgIpc) is 2.63. The second kappa shape index (κ2) is 7.67. The van der Waals surface area contributed by atoms with E-state index in [1.165, 1.54) is 6.42 Å². The van der Waals surface area contributed by atoms with Crippen molar-refractivity contribution in [2.24, 2.45) is 0 Å². The molecule has 1 amide bonds. The molecule has 0 aromatic carbocycles. The quantitative estimate of drug-likeness (QED) is 0.642. The van der Waals surface area contributed by atoms with E-state index in [-0.39, 0.29) is 6.04 Å². The van der Waals surface area contributed by atoms with Gasteiger partial charge in [-0.15, -0.1) is 0 Å². The summed E-state index contributed by atoms with van der Waals surface area (Å²) in [6.07, 6.45) is 4.35. The van der Waals surface area contributed by atoms with Gasteiger partial charge >= 0.3 is 0 Å². The van der Waals surface area contributed by atoms with Crippen LogP contribution in [-0.2, 0) is 4.79 Å². The Morgan fingerprint density at radius 3 is 2.82 bits per heavy atom. The lowest BCUT2D eigenvalue weighted by atomic mass is 10.2. The Labute approximate surface area is 105 Å². The molecule has 0 saturated carbocycles. The van der Waals surface area contributed by atoms with Crippen molar-refractivity contribution < 1.29 is 4.79 Å². The van der Waals surface area contributed by atoms with Gasteiger partial charge in [-0.05, 0) is 52.9 Å². The highest BCUT2D eigenvalue weighted by molar-refractivity contribution is 5.83. The van der Waals surface area contributed by atoms with E-state index >= 15 is 0 Å². The maximum Gasteiger partial charge on any atom is 0.239 e. The predicted octanol–water partition coefficient (Wildman–Crippen LogP) is 0.929. The van der Waals surface area contributed by atoms with Gasteiger partial charge in [0.15, 0.2) is 0 Å². The molecule has 0 radical (unpaired) electrons. The summed E-state index contributed by atoms with van der Waals surface area (Å²) in [4.78, 5) is 16.2. The zero-order valence-electron chi connectivity index (χ0n) is 11.5. The Morgan fingerprint density at radius 1 is 1.41 bits per heavy atom. The van der Waals surface area contributed by atoms with Crippen LogP contribution in [0, 0.1) is 0 Å². The largest absolute Gasteiger partial charge is 0.341 e. The monoisotopic (exact) mass is 241 g/mol. The molecule has 1 atom stereocenters. The summed E-state index contributed by atoms with van der Waals surface area (Å²) in [7, 11) is 4.18. The normalized spacial score (nSPS) is 20.6. The number of unbranched alkanes of at least 4 members (excludes halogenated alkanes) is 1.